The molecule has 0 saturated carbocycles. The van der Waals surface area contributed by atoms with Gasteiger partial charge >= 0.3 is 0 Å². The van der Waals surface area contributed by atoms with E-state index in [-0.39, 0.29) is 12.1 Å². The summed E-state index contributed by atoms with van der Waals surface area (Å²) in [6.45, 7) is 2.53. The van der Waals surface area contributed by atoms with Crippen molar-refractivity contribution in [1.29, 1.82) is 0 Å². The number of hydrogen-bond acceptors (Lipinski definition) is 1. The Labute approximate surface area is 102 Å². The van der Waals surface area contributed by atoms with Gasteiger partial charge in [0.15, 0.2) is 0 Å². The highest BCUT2D eigenvalue weighted by Crippen LogP contribution is 2.26. The third kappa shape index (κ3) is 5.26. The first-order valence-electron chi connectivity index (χ1n) is 6.31. The predicted octanol–water partition coefficient (Wildman–Crippen LogP) is 3.95. The van der Waals surface area contributed by atoms with Crippen molar-refractivity contribution < 1.29 is 8.78 Å². The van der Waals surface area contributed by atoms with Gasteiger partial charge in [-0.05, 0) is 13.0 Å². The summed E-state index contributed by atoms with van der Waals surface area (Å²) in [7, 11) is 0. The standard InChI is InChI=1S/C14H21F2N/c1-2-3-4-8-11-17-12-14(15,16)13-9-6-5-7-10-13/h5-7,9-10,17H,2-4,8,11-12H2,1H3. The Morgan fingerprint density at radius 2 is 1.76 bits per heavy atom. The van der Waals surface area contributed by atoms with E-state index >= 15 is 0 Å². The van der Waals surface area contributed by atoms with Crippen LogP contribution in [0.5, 0.6) is 0 Å². The SMILES string of the molecule is CCCCCCNCC(F)(F)c1ccccc1. The number of nitrogens with one attached hydrogen (secondary N) is 1. The van der Waals surface area contributed by atoms with Gasteiger partial charge in [0.1, 0.15) is 0 Å². The molecule has 0 radical (unpaired) electrons. The lowest BCUT2D eigenvalue weighted by Gasteiger charge is -2.17. The van der Waals surface area contributed by atoms with Crippen molar-refractivity contribution in [2.45, 2.75) is 38.5 Å². The summed E-state index contributed by atoms with van der Waals surface area (Å²) in [5.74, 6) is -2.77. The van der Waals surface area contributed by atoms with Gasteiger partial charge in [0, 0.05) is 5.56 Å². The zero-order valence-electron chi connectivity index (χ0n) is 10.4. The van der Waals surface area contributed by atoms with E-state index in [2.05, 4.69) is 12.2 Å². The molecule has 0 aliphatic rings. The fourth-order valence-corrected chi connectivity index (χ4v) is 1.71. The van der Waals surface area contributed by atoms with Crippen LogP contribution in [0.25, 0.3) is 0 Å². The van der Waals surface area contributed by atoms with Crippen LogP contribution in [-0.2, 0) is 5.92 Å². The Morgan fingerprint density at radius 1 is 1.06 bits per heavy atom. The second-order valence-corrected chi connectivity index (χ2v) is 4.31. The smallest absolute Gasteiger partial charge is 0.285 e. The van der Waals surface area contributed by atoms with E-state index in [4.69, 9.17) is 0 Å². The van der Waals surface area contributed by atoms with Crippen molar-refractivity contribution in [3.8, 4) is 0 Å². The molecule has 0 spiro atoms. The zero-order valence-corrected chi connectivity index (χ0v) is 10.4. The summed E-state index contributed by atoms with van der Waals surface area (Å²) in [4.78, 5) is 0. The van der Waals surface area contributed by atoms with Crippen LogP contribution in [0.3, 0.4) is 0 Å². The molecule has 1 N–H and O–H groups in total. The van der Waals surface area contributed by atoms with Crippen molar-refractivity contribution in [2.75, 3.05) is 13.1 Å². The molecule has 1 nitrogen and oxygen atoms in total. The van der Waals surface area contributed by atoms with Gasteiger partial charge in [-0.15, -0.1) is 0 Å². The molecule has 0 aliphatic heterocycles. The molecule has 1 aromatic rings. The van der Waals surface area contributed by atoms with E-state index in [1.807, 2.05) is 0 Å². The van der Waals surface area contributed by atoms with Gasteiger partial charge in [0.25, 0.3) is 5.92 Å². The van der Waals surface area contributed by atoms with Gasteiger partial charge in [0.05, 0.1) is 6.54 Å². The van der Waals surface area contributed by atoms with Gasteiger partial charge in [-0.2, -0.15) is 8.78 Å². The van der Waals surface area contributed by atoms with E-state index in [0.29, 0.717) is 6.54 Å². The molecule has 0 amide bonds. The molecule has 17 heavy (non-hydrogen) atoms. The molecule has 0 bridgehead atoms. The third-order valence-corrected chi connectivity index (χ3v) is 2.75. The van der Waals surface area contributed by atoms with Gasteiger partial charge in [-0.3, -0.25) is 0 Å². The number of halogens is 2. The first-order chi connectivity index (χ1) is 8.17. The fourth-order valence-electron chi connectivity index (χ4n) is 1.71. The summed E-state index contributed by atoms with van der Waals surface area (Å²) >= 11 is 0. The second kappa shape index (κ2) is 7.38. The van der Waals surface area contributed by atoms with Gasteiger partial charge < -0.3 is 5.32 Å². The molecule has 96 valence electrons. The third-order valence-electron chi connectivity index (χ3n) is 2.75. The minimum Gasteiger partial charge on any atom is -0.311 e. The summed E-state index contributed by atoms with van der Waals surface area (Å²) in [6.07, 6.45) is 4.43. The molecular formula is C14H21F2N. The molecule has 0 unspecified atom stereocenters. The average molecular weight is 241 g/mol. The molecule has 0 aliphatic carbocycles. The van der Waals surface area contributed by atoms with Crippen LogP contribution in [-0.4, -0.2) is 13.1 Å². The minimum atomic E-state index is -2.77. The Hall–Kier alpha value is -0.960. The molecule has 0 fully saturated rings. The highest BCUT2D eigenvalue weighted by atomic mass is 19.3. The topological polar surface area (TPSA) is 12.0 Å². The van der Waals surface area contributed by atoms with Crippen molar-refractivity contribution in [1.82, 2.24) is 5.32 Å². The lowest BCUT2D eigenvalue weighted by Crippen LogP contribution is -2.31. The van der Waals surface area contributed by atoms with Crippen LogP contribution < -0.4 is 5.32 Å². The van der Waals surface area contributed by atoms with Crippen molar-refractivity contribution in [3.63, 3.8) is 0 Å². The van der Waals surface area contributed by atoms with Crippen LogP contribution in [0.15, 0.2) is 30.3 Å². The number of unbranched alkanes of at least 4 members (excludes halogenated alkanes) is 3. The lowest BCUT2D eigenvalue weighted by atomic mass is 10.1. The van der Waals surface area contributed by atoms with E-state index in [9.17, 15) is 8.78 Å². The number of rotatable bonds is 8. The van der Waals surface area contributed by atoms with Gasteiger partial charge in [0.2, 0.25) is 0 Å². The van der Waals surface area contributed by atoms with Crippen LogP contribution in [0.4, 0.5) is 8.78 Å². The van der Waals surface area contributed by atoms with Crippen molar-refractivity contribution in [2.24, 2.45) is 0 Å². The van der Waals surface area contributed by atoms with Crippen LogP contribution in [0, 0.1) is 0 Å². The van der Waals surface area contributed by atoms with Crippen LogP contribution >= 0.6 is 0 Å². The predicted molar refractivity (Wildman–Crippen MR) is 67.3 cm³/mol. The molecule has 0 atom stereocenters. The molecule has 0 aromatic heterocycles. The quantitative estimate of drug-likeness (QED) is 0.679. The maximum atomic E-state index is 13.7. The normalized spacial score (nSPS) is 11.7. The molecule has 1 rings (SSSR count). The summed E-state index contributed by atoms with van der Waals surface area (Å²) in [5.41, 5.74) is 0.0843. The molecule has 0 saturated heterocycles. The Morgan fingerprint density at radius 3 is 2.41 bits per heavy atom. The second-order valence-electron chi connectivity index (χ2n) is 4.31. The number of hydrogen-bond donors (Lipinski definition) is 1. The summed E-state index contributed by atoms with van der Waals surface area (Å²) in [5, 5.41) is 2.83. The minimum absolute atomic E-state index is 0.0843. The monoisotopic (exact) mass is 241 g/mol. The van der Waals surface area contributed by atoms with Gasteiger partial charge in [-0.25, -0.2) is 0 Å². The molecular weight excluding hydrogens is 220 g/mol. The highest BCUT2D eigenvalue weighted by molar-refractivity contribution is 5.20. The largest absolute Gasteiger partial charge is 0.311 e. The number of alkyl halides is 2. The molecule has 1 aromatic carbocycles. The molecule has 3 heteroatoms. The van der Waals surface area contributed by atoms with E-state index in [0.717, 1.165) is 12.8 Å². The van der Waals surface area contributed by atoms with E-state index in [1.54, 1.807) is 18.2 Å². The average Bonchev–Trinajstić information content (AvgIpc) is 2.35. The zero-order chi connectivity index (χ0) is 12.6. The van der Waals surface area contributed by atoms with Crippen LogP contribution in [0.1, 0.15) is 38.2 Å². The van der Waals surface area contributed by atoms with E-state index < -0.39 is 5.92 Å². The summed E-state index contributed by atoms with van der Waals surface area (Å²) in [6, 6.07) is 7.98. The maximum Gasteiger partial charge on any atom is 0.285 e. The van der Waals surface area contributed by atoms with Crippen molar-refractivity contribution in [3.05, 3.63) is 35.9 Å². The Balaban J connectivity index is 2.26. The van der Waals surface area contributed by atoms with Crippen LogP contribution in [0.2, 0.25) is 0 Å². The Kier molecular flexibility index (Phi) is 6.12. The molecule has 0 heterocycles. The first-order valence-corrected chi connectivity index (χ1v) is 6.31. The van der Waals surface area contributed by atoms with E-state index in [1.165, 1.54) is 25.0 Å². The lowest BCUT2D eigenvalue weighted by molar-refractivity contribution is -0.00301. The highest BCUT2D eigenvalue weighted by Gasteiger charge is 2.30. The fraction of sp³-hybridized carbons (Fsp3) is 0.571. The number of benzene rings is 1. The summed E-state index contributed by atoms with van der Waals surface area (Å²) < 4.78 is 27.3. The van der Waals surface area contributed by atoms with Gasteiger partial charge in [-0.1, -0.05) is 56.5 Å². The Bertz CT molecular complexity index is 298. The maximum absolute atomic E-state index is 13.7. The first kappa shape index (κ1) is 14.1. The van der Waals surface area contributed by atoms with Crippen molar-refractivity contribution >= 4 is 0 Å².